The Balaban J connectivity index is 2.85. The second-order valence-corrected chi connectivity index (χ2v) is 6.32. The molecule has 23 heavy (non-hydrogen) atoms. The van der Waals surface area contributed by atoms with Gasteiger partial charge in [0.05, 0.1) is 5.60 Å². The standard InChI is InChI=1S/C17H25NO5/c1-10(2)17(5,22)9-18-16(21)13-6-11(3)15(12(4)7-13)23-8-14(19)20/h6-7,10,22H,8-9H2,1-5H3,(H,18,21)(H,19,20). The van der Waals surface area contributed by atoms with Crippen molar-refractivity contribution >= 4 is 11.9 Å². The summed E-state index contributed by atoms with van der Waals surface area (Å²) in [5, 5.41) is 21.6. The van der Waals surface area contributed by atoms with E-state index in [0.717, 1.165) is 0 Å². The molecular formula is C17H25NO5. The third-order valence-electron chi connectivity index (χ3n) is 3.91. The van der Waals surface area contributed by atoms with Crippen molar-refractivity contribution in [2.75, 3.05) is 13.2 Å². The van der Waals surface area contributed by atoms with E-state index < -0.39 is 18.2 Å². The molecule has 0 aliphatic rings. The first-order valence-corrected chi connectivity index (χ1v) is 7.51. The molecule has 0 fully saturated rings. The molecule has 1 amide bonds. The number of carboxylic acids is 1. The van der Waals surface area contributed by atoms with E-state index in [1.165, 1.54) is 0 Å². The predicted octanol–water partition coefficient (Wildman–Crippen LogP) is 1.90. The molecule has 3 N–H and O–H groups in total. The topological polar surface area (TPSA) is 95.9 Å². The van der Waals surface area contributed by atoms with Crippen molar-refractivity contribution in [2.24, 2.45) is 5.92 Å². The number of benzene rings is 1. The van der Waals surface area contributed by atoms with Crippen LogP contribution in [0.2, 0.25) is 0 Å². The first-order chi connectivity index (χ1) is 10.5. The largest absolute Gasteiger partial charge is 0.481 e. The van der Waals surface area contributed by atoms with Crippen molar-refractivity contribution in [3.63, 3.8) is 0 Å². The van der Waals surface area contributed by atoms with Crippen LogP contribution in [0.4, 0.5) is 0 Å². The van der Waals surface area contributed by atoms with Crippen LogP contribution in [0.1, 0.15) is 42.3 Å². The molecule has 128 valence electrons. The number of carboxylic acid groups (broad SMARTS) is 1. The highest BCUT2D eigenvalue weighted by molar-refractivity contribution is 5.95. The summed E-state index contributed by atoms with van der Waals surface area (Å²) in [6.45, 7) is 8.68. The van der Waals surface area contributed by atoms with E-state index in [9.17, 15) is 14.7 Å². The molecule has 0 aromatic heterocycles. The number of rotatable bonds is 7. The lowest BCUT2D eigenvalue weighted by Crippen LogP contribution is -2.44. The van der Waals surface area contributed by atoms with Crippen molar-refractivity contribution in [3.05, 3.63) is 28.8 Å². The number of nitrogens with one attached hydrogen (secondary N) is 1. The molecule has 0 aliphatic heterocycles. The van der Waals surface area contributed by atoms with Gasteiger partial charge in [-0.15, -0.1) is 0 Å². The van der Waals surface area contributed by atoms with Crippen LogP contribution in [0.15, 0.2) is 12.1 Å². The Kier molecular flexibility index (Phi) is 6.15. The van der Waals surface area contributed by atoms with Crippen LogP contribution in [0.3, 0.4) is 0 Å². The third kappa shape index (κ3) is 5.25. The second-order valence-electron chi connectivity index (χ2n) is 6.32. The molecule has 1 aromatic carbocycles. The van der Waals surface area contributed by atoms with Crippen LogP contribution in [-0.2, 0) is 4.79 Å². The Hall–Kier alpha value is -2.08. The van der Waals surface area contributed by atoms with Gasteiger partial charge in [0, 0.05) is 12.1 Å². The number of hydrogen-bond acceptors (Lipinski definition) is 4. The van der Waals surface area contributed by atoms with Crippen LogP contribution < -0.4 is 10.1 Å². The monoisotopic (exact) mass is 323 g/mol. The van der Waals surface area contributed by atoms with Gasteiger partial charge >= 0.3 is 5.97 Å². The van der Waals surface area contributed by atoms with Crippen LogP contribution in [0.5, 0.6) is 5.75 Å². The van der Waals surface area contributed by atoms with E-state index >= 15 is 0 Å². The number of carbonyl (C=O) groups excluding carboxylic acids is 1. The lowest BCUT2D eigenvalue weighted by atomic mass is 9.92. The average Bonchev–Trinajstić information content (AvgIpc) is 2.43. The van der Waals surface area contributed by atoms with Crippen molar-refractivity contribution < 1.29 is 24.5 Å². The lowest BCUT2D eigenvalue weighted by Gasteiger charge is -2.27. The number of aliphatic hydroxyl groups is 1. The zero-order valence-electron chi connectivity index (χ0n) is 14.3. The molecule has 6 nitrogen and oxygen atoms in total. The van der Waals surface area contributed by atoms with Gasteiger partial charge in [0.2, 0.25) is 0 Å². The molecule has 0 saturated carbocycles. The van der Waals surface area contributed by atoms with E-state index in [2.05, 4.69) is 5.32 Å². The highest BCUT2D eigenvalue weighted by atomic mass is 16.5. The molecule has 1 unspecified atom stereocenters. The Bertz CT molecular complexity index is 570. The molecule has 1 atom stereocenters. The number of amides is 1. The molecule has 1 rings (SSSR count). The summed E-state index contributed by atoms with van der Waals surface area (Å²) in [6.07, 6.45) is 0. The van der Waals surface area contributed by atoms with Crippen LogP contribution in [0.25, 0.3) is 0 Å². The van der Waals surface area contributed by atoms with Gasteiger partial charge in [-0.05, 0) is 49.9 Å². The molecule has 0 bridgehead atoms. The highest BCUT2D eigenvalue weighted by Crippen LogP contribution is 2.25. The summed E-state index contributed by atoms with van der Waals surface area (Å²) in [7, 11) is 0. The third-order valence-corrected chi connectivity index (χ3v) is 3.91. The van der Waals surface area contributed by atoms with E-state index in [0.29, 0.717) is 22.4 Å². The molecular weight excluding hydrogens is 298 g/mol. The summed E-state index contributed by atoms with van der Waals surface area (Å²) < 4.78 is 5.24. The summed E-state index contributed by atoms with van der Waals surface area (Å²) in [6, 6.07) is 3.28. The maximum Gasteiger partial charge on any atom is 0.341 e. The Labute approximate surface area is 136 Å². The number of ether oxygens (including phenoxy) is 1. The van der Waals surface area contributed by atoms with Gasteiger partial charge in [-0.1, -0.05) is 13.8 Å². The fourth-order valence-electron chi connectivity index (χ4n) is 2.01. The van der Waals surface area contributed by atoms with Gasteiger partial charge < -0.3 is 20.3 Å². The quantitative estimate of drug-likeness (QED) is 0.712. The SMILES string of the molecule is Cc1cc(C(=O)NCC(C)(O)C(C)C)cc(C)c1OCC(=O)O. The van der Waals surface area contributed by atoms with Gasteiger partial charge in [-0.3, -0.25) is 4.79 Å². The number of aliphatic carboxylic acids is 1. The molecule has 6 heteroatoms. The maximum absolute atomic E-state index is 12.2. The summed E-state index contributed by atoms with van der Waals surface area (Å²) >= 11 is 0. The van der Waals surface area contributed by atoms with Gasteiger partial charge in [-0.2, -0.15) is 0 Å². The molecule has 0 aliphatic carbocycles. The average molecular weight is 323 g/mol. The number of hydrogen-bond donors (Lipinski definition) is 3. The molecule has 1 aromatic rings. The fourth-order valence-corrected chi connectivity index (χ4v) is 2.01. The van der Waals surface area contributed by atoms with E-state index in [4.69, 9.17) is 9.84 Å². The van der Waals surface area contributed by atoms with Crippen molar-refractivity contribution in [3.8, 4) is 5.75 Å². The first kappa shape index (κ1) is 19.0. The van der Waals surface area contributed by atoms with Crippen molar-refractivity contribution in [1.82, 2.24) is 5.32 Å². The maximum atomic E-state index is 12.2. The second kappa shape index (κ2) is 7.46. The van der Waals surface area contributed by atoms with Gasteiger partial charge in [-0.25, -0.2) is 4.79 Å². The minimum atomic E-state index is -1.05. The highest BCUT2D eigenvalue weighted by Gasteiger charge is 2.25. The number of aryl methyl sites for hydroxylation is 2. The minimum absolute atomic E-state index is 0.0121. The Morgan fingerprint density at radius 3 is 2.22 bits per heavy atom. The molecule has 0 heterocycles. The number of carbonyl (C=O) groups is 2. The predicted molar refractivity (Wildman–Crippen MR) is 86.8 cm³/mol. The molecule has 0 spiro atoms. The van der Waals surface area contributed by atoms with Gasteiger partial charge in [0.15, 0.2) is 6.61 Å². The zero-order chi connectivity index (χ0) is 17.8. The zero-order valence-corrected chi connectivity index (χ0v) is 14.3. The summed E-state index contributed by atoms with van der Waals surface area (Å²) in [4.78, 5) is 22.8. The summed E-state index contributed by atoms with van der Waals surface area (Å²) in [5.74, 6) is -0.861. The Morgan fingerprint density at radius 1 is 1.26 bits per heavy atom. The van der Waals surface area contributed by atoms with Crippen molar-refractivity contribution in [2.45, 2.75) is 40.2 Å². The Morgan fingerprint density at radius 2 is 1.78 bits per heavy atom. The van der Waals surface area contributed by atoms with Gasteiger partial charge in [0.1, 0.15) is 5.75 Å². The van der Waals surface area contributed by atoms with Crippen LogP contribution >= 0.6 is 0 Å². The van der Waals surface area contributed by atoms with Crippen LogP contribution in [-0.4, -0.2) is 40.8 Å². The van der Waals surface area contributed by atoms with E-state index in [-0.39, 0.29) is 18.4 Å². The molecule has 0 saturated heterocycles. The van der Waals surface area contributed by atoms with E-state index in [1.807, 2.05) is 13.8 Å². The van der Waals surface area contributed by atoms with Gasteiger partial charge in [0.25, 0.3) is 5.91 Å². The normalized spacial score (nSPS) is 13.5. The minimum Gasteiger partial charge on any atom is -0.481 e. The van der Waals surface area contributed by atoms with Crippen LogP contribution in [0, 0.1) is 19.8 Å². The smallest absolute Gasteiger partial charge is 0.341 e. The first-order valence-electron chi connectivity index (χ1n) is 7.51. The van der Waals surface area contributed by atoms with Crippen molar-refractivity contribution in [1.29, 1.82) is 0 Å². The van der Waals surface area contributed by atoms with E-state index in [1.54, 1.807) is 32.9 Å². The lowest BCUT2D eigenvalue weighted by molar-refractivity contribution is -0.139. The summed E-state index contributed by atoms with van der Waals surface area (Å²) in [5.41, 5.74) is 0.839. The fraction of sp³-hybridized carbons (Fsp3) is 0.529. The molecule has 0 radical (unpaired) electrons.